The van der Waals surface area contributed by atoms with Gasteiger partial charge in [-0.15, -0.1) is 0 Å². The van der Waals surface area contributed by atoms with E-state index in [4.69, 9.17) is 0 Å². The maximum absolute atomic E-state index is 13.0. The number of hydrogen-bond acceptors (Lipinski definition) is 4. The van der Waals surface area contributed by atoms with E-state index in [1.165, 1.54) is 36.4 Å². The number of halogens is 1. The van der Waals surface area contributed by atoms with Crippen molar-refractivity contribution >= 4 is 29.3 Å². The molecule has 0 radical (unpaired) electrons. The number of nitro groups is 1. The van der Waals surface area contributed by atoms with Gasteiger partial charge in [-0.25, -0.2) is 9.40 Å². The summed E-state index contributed by atoms with van der Waals surface area (Å²) in [5.74, 6) is -1.74. The average Bonchev–Trinajstić information content (AvgIpc) is 2.84. The van der Waals surface area contributed by atoms with E-state index in [-0.39, 0.29) is 11.3 Å². The van der Waals surface area contributed by atoms with Gasteiger partial charge in [0.1, 0.15) is 11.4 Å². The molecule has 0 spiro atoms. The topological polar surface area (TPSA) is 92.6 Å². The van der Waals surface area contributed by atoms with Crippen LogP contribution in [0.2, 0.25) is 0 Å². The van der Waals surface area contributed by atoms with E-state index < -0.39 is 22.6 Å². The van der Waals surface area contributed by atoms with Crippen molar-refractivity contribution in [2.24, 2.45) is 0 Å². The Balaban J connectivity index is 1.93. The molecule has 2 aromatic rings. The Kier molecular flexibility index (Phi) is 3.78. The predicted molar refractivity (Wildman–Crippen MR) is 83.1 cm³/mol. The molecule has 0 aromatic heterocycles. The first-order valence-electron chi connectivity index (χ1n) is 6.83. The number of hydrogen-bond donors (Lipinski definition) is 1. The highest BCUT2D eigenvalue weighted by Crippen LogP contribution is 2.22. The molecule has 1 aliphatic heterocycles. The Morgan fingerprint density at radius 1 is 1.12 bits per heavy atom. The van der Waals surface area contributed by atoms with Crippen LogP contribution in [0, 0.1) is 15.9 Å². The molecule has 120 valence electrons. The standard InChI is InChI=1S/C16H10FN3O4/c17-11-4-6-12(7-5-11)19-16(22)14(15(21)18-19)9-10-2-1-3-13(8-10)20(23)24/h1-9H,(H,18,21). The number of rotatable bonds is 3. The highest BCUT2D eigenvalue weighted by molar-refractivity contribution is 6.31. The Morgan fingerprint density at radius 2 is 1.83 bits per heavy atom. The van der Waals surface area contributed by atoms with Crippen molar-refractivity contribution < 1.29 is 18.9 Å². The number of nitro benzene ring substituents is 1. The lowest BCUT2D eigenvalue weighted by Crippen LogP contribution is -2.35. The van der Waals surface area contributed by atoms with Gasteiger partial charge in [0.2, 0.25) is 0 Å². The highest BCUT2D eigenvalue weighted by Gasteiger charge is 2.34. The van der Waals surface area contributed by atoms with Gasteiger partial charge < -0.3 is 0 Å². The first-order valence-corrected chi connectivity index (χ1v) is 6.83. The number of nitrogens with zero attached hydrogens (tertiary/aromatic N) is 2. The van der Waals surface area contributed by atoms with Crippen LogP contribution < -0.4 is 10.4 Å². The summed E-state index contributed by atoms with van der Waals surface area (Å²) in [6, 6.07) is 10.6. The number of carbonyl (C=O) groups is 2. The van der Waals surface area contributed by atoms with Gasteiger partial charge >= 0.3 is 0 Å². The van der Waals surface area contributed by atoms with Crippen LogP contribution in [0.15, 0.2) is 54.1 Å². The minimum atomic E-state index is -0.643. The van der Waals surface area contributed by atoms with Crippen LogP contribution in [-0.2, 0) is 9.59 Å². The molecule has 1 aliphatic rings. The van der Waals surface area contributed by atoms with Crippen LogP contribution in [0.25, 0.3) is 6.08 Å². The molecule has 8 heteroatoms. The zero-order valence-corrected chi connectivity index (χ0v) is 12.1. The maximum Gasteiger partial charge on any atom is 0.282 e. The molecule has 3 rings (SSSR count). The largest absolute Gasteiger partial charge is 0.282 e. The van der Waals surface area contributed by atoms with Gasteiger partial charge in [-0.2, -0.15) is 0 Å². The Labute approximate surface area is 135 Å². The second-order valence-electron chi connectivity index (χ2n) is 4.97. The summed E-state index contributed by atoms with van der Waals surface area (Å²) in [7, 11) is 0. The molecule has 0 atom stereocenters. The predicted octanol–water partition coefficient (Wildman–Crippen LogP) is 2.20. The minimum absolute atomic E-state index is 0.148. The van der Waals surface area contributed by atoms with Gasteiger partial charge in [-0.05, 0) is 35.9 Å². The number of carbonyl (C=O) groups excluding carboxylic acids is 2. The molecule has 24 heavy (non-hydrogen) atoms. The number of amides is 2. The van der Waals surface area contributed by atoms with Crippen molar-refractivity contribution in [1.82, 2.24) is 5.43 Å². The van der Waals surface area contributed by atoms with E-state index in [9.17, 15) is 24.1 Å². The molecule has 0 aliphatic carbocycles. The van der Waals surface area contributed by atoms with Crippen LogP contribution >= 0.6 is 0 Å². The van der Waals surface area contributed by atoms with Gasteiger partial charge in [0.25, 0.3) is 17.5 Å². The molecular weight excluding hydrogens is 317 g/mol. The fraction of sp³-hybridized carbons (Fsp3) is 0. The summed E-state index contributed by atoms with van der Waals surface area (Å²) >= 11 is 0. The summed E-state index contributed by atoms with van der Waals surface area (Å²) in [5.41, 5.74) is 2.71. The summed E-state index contributed by atoms with van der Waals surface area (Å²) in [4.78, 5) is 34.6. The Bertz CT molecular complexity index is 877. The van der Waals surface area contributed by atoms with E-state index >= 15 is 0 Å². The zero-order valence-electron chi connectivity index (χ0n) is 12.1. The van der Waals surface area contributed by atoms with E-state index in [2.05, 4.69) is 5.43 Å². The number of hydrazine groups is 1. The first-order chi connectivity index (χ1) is 11.5. The van der Waals surface area contributed by atoms with Crippen LogP contribution in [0.1, 0.15) is 5.56 Å². The summed E-state index contributed by atoms with van der Waals surface area (Å²) in [6.07, 6.45) is 1.27. The lowest BCUT2D eigenvalue weighted by Gasteiger charge is -2.14. The van der Waals surface area contributed by atoms with E-state index in [1.807, 2.05) is 0 Å². The van der Waals surface area contributed by atoms with Crippen molar-refractivity contribution in [2.75, 3.05) is 5.01 Å². The zero-order chi connectivity index (χ0) is 17.3. The third-order valence-electron chi connectivity index (χ3n) is 3.37. The van der Waals surface area contributed by atoms with E-state index in [1.54, 1.807) is 6.07 Å². The van der Waals surface area contributed by atoms with Gasteiger partial charge in [-0.3, -0.25) is 25.1 Å². The normalized spacial score (nSPS) is 15.7. The van der Waals surface area contributed by atoms with Gasteiger partial charge in [-0.1, -0.05) is 12.1 Å². The first kappa shape index (κ1) is 15.3. The molecule has 1 fully saturated rings. The average molecular weight is 327 g/mol. The lowest BCUT2D eigenvalue weighted by atomic mass is 10.1. The van der Waals surface area contributed by atoms with Crippen LogP contribution in [0.3, 0.4) is 0 Å². The van der Waals surface area contributed by atoms with Crippen molar-refractivity contribution in [3.63, 3.8) is 0 Å². The monoisotopic (exact) mass is 327 g/mol. The third-order valence-corrected chi connectivity index (χ3v) is 3.37. The molecule has 1 saturated heterocycles. The molecule has 0 unspecified atom stereocenters. The molecule has 0 saturated carbocycles. The number of nitrogens with one attached hydrogen (secondary N) is 1. The fourth-order valence-corrected chi connectivity index (χ4v) is 2.22. The van der Waals surface area contributed by atoms with Crippen LogP contribution in [-0.4, -0.2) is 16.7 Å². The van der Waals surface area contributed by atoms with Crippen LogP contribution in [0.5, 0.6) is 0 Å². The SMILES string of the molecule is O=C1NN(c2ccc(F)cc2)C(=O)C1=Cc1cccc([N+](=O)[O-])c1. The maximum atomic E-state index is 13.0. The second kappa shape index (κ2) is 5.92. The van der Waals surface area contributed by atoms with Crippen molar-refractivity contribution in [3.05, 3.63) is 75.6 Å². The second-order valence-corrected chi connectivity index (χ2v) is 4.97. The van der Waals surface area contributed by atoms with Crippen LogP contribution in [0.4, 0.5) is 15.8 Å². The number of anilines is 1. The molecule has 7 nitrogen and oxygen atoms in total. The smallest absolute Gasteiger partial charge is 0.267 e. The number of benzene rings is 2. The third kappa shape index (κ3) is 2.84. The quantitative estimate of drug-likeness (QED) is 0.405. The highest BCUT2D eigenvalue weighted by atomic mass is 19.1. The van der Waals surface area contributed by atoms with Gasteiger partial charge in [0, 0.05) is 12.1 Å². The Morgan fingerprint density at radius 3 is 2.50 bits per heavy atom. The van der Waals surface area contributed by atoms with Gasteiger partial charge in [0.05, 0.1) is 10.6 Å². The number of non-ortho nitro benzene ring substituents is 1. The summed E-state index contributed by atoms with van der Waals surface area (Å²) < 4.78 is 13.0. The van der Waals surface area contributed by atoms with E-state index in [0.717, 1.165) is 17.1 Å². The summed E-state index contributed by atoms with van der Waals surface area (Å²) in [5, 5.41) is 11.8. The minimum Gasteiger partial charge on any atom is -0.267 e. The van der Waals surface area contributed by atoms with Crippen molar-refractivity contribution in [2.45, 2.75) is 0 Å². The molecule has 1 N–H and O–H groups in total. The molecular formula is C16H10FN3O4. The molecule has 0 bridgehead atoms. The molecule has 2 amide bonds. The fourth-order valence-electron chi connectivity index (χ4n) is 2.22. The van der Waals surface area contributed by atoms with Crippen molar-refractivity contribution in [1.29, 1.82) is 0 Å². The lowest BCUT2D eigenvalue weighted by molar-refractivity contribution is -0.384. The Hall–Kier alpha value is -3.55. The molecule has 1 heterocycles. The van der Waals surface area contributed by atoms with E-state index in [0.29, 0.717) is 11.3 Å². The summed E-state index contributed by atoms with van der Waals surface area (Å²) in [6.45, 7) is 0. The van der Waals surface area contributed by atoms with Crippen molar-refractivity contribution in [3.8, 4) is 0 Å². The van der Waals surface area contributed by atoms with Gasteiger partial charge in [0.15, 0.2) is 0 Å². The molecule has 2 aromatic carbocycles.